The number of carboxylic acids is 1. The smallest absolute Gasteiger partial charge is 0.327 e. The van der Waals surface area contributed by atoms with Crippen molar-refractivity contribution in [3.05, 3.63) is 75.0 Å². The van der Waals surface area contributed by atoms with Crippen LogP contribution in [-0.4, -0.2) is 41.9 Å². The Morgan fingerprint density at radius 2 is 1.86 bits per heavy atom. The number of allylic oxidation sites excluding steroid dienone is 1. The first-order valence-corrected chi connectivity index (χ1v) is 10.3. The van der Waals surface area contributed by atoms with Gasteiger partial charge in [-0.1, -0.05) is 35.9 Å². The maximum absolute atomic E-state index is 12.6. The van der Waals surface area contributed by atoms with E-state index in [1.807, 2.05) is 6.07 Å². The first kappa shape index (κ1) is 20.2. The minimum Gasteiger partial charge on any atom is -0.478 e. The fraction of sp³-hybridized carbons (Fsp3) is 0.304. The van der Waals surface area contributed by atoms with Crippen LogP contribution >= 0.6 is 11.3 Å². The summed E-state index contributed by atoms with van der Waals surface area (Å²) in [6, 6.07) is 10.6. The maximum atomic E-state index is 12.6. The number of Topliss-reactive ketones (excluding diaryl/α,β-unsaturated/α-hetero) is 1. The molecule has 0 bridgehead atoms. The molecule has 0 unspecified atom stereocenters. The normalized spacial score (nSPS) is 16.9. The fourth-order valence-electron chi connectivity index (χ4n) is 3.70. The van der Waals surface area contributed by atoms with E-state index < -0.39 is 5.97 Å². The summed E-state index contributed by atoms with van der Waals surface area (Å²) in [5.74, 6) is -0.626. The highest BCUT2D eigenvalue weighted by molar-refractivity contribution is 7.12. The number of hydrogen-bond donors (Lipinski definition) is 1. The van der Waals surface area contributed by atoms with E-state index in [0.29, 0.717) is 6.42 Å². The number of thiophene rings is 1. The predicted molar refractivity (Wildman–Crippen MR) is 114 cm³/mol. The van der Waals surface area contributed by atoms with E-state index in [9.17, 15) is 9.59 Å². The molecule has 5 heteroatoms. The Hall–Kier alpha value is -2.50. The van der Waals surface area contributed by atoms with Crippen molar-refractivity contribution in [2.24, 2.45) is 0 Å². The van der Waals surface area contributed by atoms with Gasteiger partial charge in [-0.25, -0.2) is 4.79 Å². The number of carbonyl (C=O) groups excluding carboxylic acids is 1. The van der Waals surface area contributed by atoms with Crippen molar-refractivity contribution in [1.82, 2.24) is 4.90 Å². The third kappa shape index (κ3) is 4.49. The van der Waals surface area contributed by atoms with E-state index in [2.05, 4.69) is 41.6 Å². The average molecular weight is 396 g/mol. The molecule has 1 saturated heterocycles. The largest absolute Gasteiger partial charge is 0.478 e. The first-order valence-electron chi connectivity index (χ1n) is 9.46. The molecule has 146 valence electrons. The summed E-state index contributed by atoms with van der Waals surface area (Å²) in [6.45, 7) is 3.87. The number of ketones is 1. The number of nitrogens with zero attached hydrogens (tertiary/aromatic N) is 1. The van der Waals surface area contributed by atoms with E-state index in [0.717, 1.165) is 36.9 Å². The predicted octanol–water partition coefficient (Wildman–Crippen LogP) is 4.66. The monoisotopic (exact) mass is 395 g/mol. The zero-order valence-electron chi connectivity index (χ0n) is 16.3. The lowest BCUT2D eigenvalue weighted by Crippen LogP contribution is -2.27. The van der Waals surface area contributed by atoms with Gasteiger partial charge < -0.3 is 10.0 Å². The third-order valence-electron chi connectivity index (χ3n) is 5.08. The van der Waals surface area contributed by atoms with E-state index >= 15 is 0 Å². The SMILES string of the molecule is C/C=C/C(=O)O.CN1CCC(=C2c3ccccc3CC(=O)c3sccc32)CC1. The lowest BCUT2D eigenvalue weighted by Gasteiger charge is -2.27. The van der Waals surface area contributed by atoms with Gasteiger partial charge in [-0.05, 0) is 55.0 Å². The number of rotatable bonds is 1. The lowest BCUT2D eigenvalue weighted by molar-refractivity contribution is -0.131. The maximum Gasteiger partial charge on any atom is 0.327 e. The standard InChI is InChI=1S/C19H19NOS.C4H6O2/c1-20-9-6-13(7-10-20)18-15-5-3-2-4-14(15)12-17(21)19-16(18)8-11-22-19;1-2-3-4(5)6/h2-5,8,11H,6-7,9-10,12H2,1H3;2-3H,1H3,(H,5,6)/b;3-2+. The first-order chi connectivity index (χ1) is 13.5. The molecule has 1 N–H and O–H groups in total. The van der Waals surface area contributed by atoms with Crippen molar-refractivity contribution in [3.63, 3.8) is 0 Å². The fourth-order valence-corrected chi connectivity index (χ4v) is 4.54. The molecule has 1 aliphatic carbocycles. The van der Waals surface area contributed by atoms with Crippen molar-refractivity contribution >= 4 is 28.7 Å². The van der Waals surface area contributed by atoms with Crippen LogP contribution in [0.4, 0.5) is 0 Å². The number of likely N-dealkylation sites (tertiary alicyclic amines) is 1. The number of carboxylic acid groups (broad SMARTS) is 1. The number of benzene rings is 1. The van der Waals surface area contributed by atoms with Crippen molar-refractivity contribution in [1.29, 1.82) is 0 Å². The van der Waals surface area contributed by atoms with Crippen LogP contribution in [0.5, 0.6) is 0 Å². The quantitative estimate of drug-likeness (QED) is 0.714. The van der Waals surface area contributed by atoms with Gasteiger partial charge >= 0.3 is 5.97 Å². The number of carbonyl (C=O) groups is 2. The van der Waals surface area contributed by atoms with Crippen LogP contribution in [0, 0.1) is 0 Å². The number of hydrogen-bond acceptors (Lipinski definition) is 4. The molecule has 1 fully saturated rings. The zero-order valence-corrected chi connectivity index (χ0v) is 17.1. The zero-order chi connectivity index (χ0) is 20.1. The van der Waals surface area contributed by atoms with Crippen molar-refractivity contribution in [3.8, 4) is 0 Å². The van der Waals surface area contributed by atoms with E-state index in [1.165, 1.54) is 33.9 Å². The Labute approximate surface area is 169 Å². The van der Waals surface area contributed by atoms with Crippen LogP contribution in [0.3, 0.4) is 0 Å². The average Bonchev–Trinajstić information content (AvgIpc) is 3.11. The molecule has 0 amide bonds. The van der Waals surface area contributed by atoms with Gasteiger partial charge in [-0.3, -0.25) is 4.79 Å². The van der Waals surface area contributed by atoms with Crippen molar-refractivity contribution in [2.45, 2.75) is 26.2 Å². The molecule has 4 rings (SSSR count). The molecule has 2 heterocycles. The van der Waals surface area contributed by atoms with E-state index in [-0.39, 0.29) is 5.78 Å². The lowest BCUT2D eigenvalue weighted by atomic mass is 9.88. The summed E-state index contributed by atoms with van der Waals surface area (Å²) in [6.07, 6.45) is 5.29. The molecule has 2 aromatic rings. The van der Waals surface area contributed by atoms with Crippen LogP contribution in [0.1, 0.15) is 46.1 Å². The van der Waals surface area contributed by atoms with Gasteiger partial charge in [0.2, 0.25) is 0 Å². The van der Waals surface area contributed by atoms with Gasteiger partial charge in [-0.2, -0.15) is 0 Å². The number of piperidine rings is 1. The second-order valence-electron chi connectivity index (χ2n) is 7.04. The van der Waals surface area contributed by atoms with Gasteiger partial charge in [-0.15, -0.1) is 11.3 Å². The number of fused-ring (bicyclic) bond motifs is 2. The highest BCUT2D eigenvalue weighted by Crippen LogP contribution is 2.40. The molecule has 1 aliphatic heterocycles. The van der Waals surface area contributed by atoms with Crippen molar-refractivity contribution < 1.29 is 14.7 Å². The second-order valence-corrected chi connectivity index (χ2v) is 7.96. The summed E-state index contributed by atoms with van der Waals surface area (Å²) in [5, 5.41) is 9.89. The minimum atomic E-state index is -0.891. The summed E-state index contributed by atoms with van der Waals surface area (Å²) < 4.78 is 0. The molecule has 0 spiro atoms. The third-order valence-corrected chi connectivity index (χ3v) is 6.03. The molecular weight excluding hydrogens is 370 g/mol. The molecule has 0 radical (unpaired) electrons. The van der Waals surface area contributed by atoms with Gasteiger partial charge in [0.25, 0.3) is 0 Å². The Bertz CT molecular complexity index is 929. The number of aliphatic carboxylic acids is 1. The van der Waals surface area contributed by atoms with E-state index in [1.54, 1.807) is 18.3 Å². The highest BCUT2D eigenvalue weighted by atomic mass is 32.1. The second kappa shape index (κ2) is 9.13. The Morgan fingerprint density at radius 3 is 2.50 bits per heavy atom. The van der Waals surface area contributed by atoms with Gasteiger partial charge in [0.05, 0.1) is 4.88 Å². The van der Waals surface area contributed by atoms with Crippen LogP contribution in [-0.2, 0) is 11.2 Å². The highest BCUT2D eigenvalue weighted by Gasteiger charge is 2.27. The minimum absolute atomic E-state index is 0.265. The molecule has 28 heavy (non-hydrogen) atoms. The van der Waals surface area contributed by atoms with Crippen LogP contribution in [0.2, 0.25) is 0 Å². The molecule has 1 aromatic carbocycles. The van der Waals surface area contributed by atoms with Gasteiger partial charge in [0, 0.05) is 31.1 Å². The summed E-state index contributed by atoms with van der Waals surface area (Å²) >= 11 is 1.59. The molecule has 2 aliphatic rings. The van der Waals surface area contributed by atoms with Gasteiger partial charge in [0.15, 0.2) is 5.78 Å². The van der Waals surface area contributed by atoms with Crippen molar-refractivity contribution in [2.75, 3.05) is 20.1 Å². The Morgan fingerprint density at radius 1 is 1.14 bits per heavy atom. The van der Waals surface area contributed by atoms with Crippen LogP contribution in [0.15, 0.2) is 53.4 Å². The van der Waals surface area contributed by atoms with Crippen LogP contribution in [0.25, 0.3) is 5.57 Å². The Balaban J connectivity index is 0.000000330. The van der Waals surface area contributed by atoms with Crippen LogP contribution < -0.4 is 0 Å². The topological polar surface area (TPSA) is 57.6 Å². The summed E-state index contributed by atoms with van der Waals surface area (Å²) in [7, 11) is 2.18. The molecule has 1 aromatic heterocycles. The molecule has 0 atom stereocenters. The summed E-state index contributed by atoms with van der Waals surface area (Å²) in [4.78, 5) is 25.4. The molecule has 4 nitrogen and oxygen atoms in total. The van der Waals surface area contributed by atoms with E-state index in [4.69, 9.17) is 5.11 Å². The Kier molecular flexibility index (Phi) is 6.60. The molecular formula is C23H25NO3S. The van der Waals surface area contributed by atoms with Gasteiger partial charge in [0.1, 0.15) is 0 Å². The summed E-state index contributed by atoms with van der Waals surface area (Å²) in [5.41, 5.74) is 6.47. The molecule has 0 saturated carbocycles.